The molecule has 1 aromatic heterocycles. The van der Waals surface area contributed by atoms with Gasteiger partial charge in [-0.3, -0.25) is 4.79 Å². The molecule has 1 heterocycles. The van der Waals surface area contributed by atoms with Gasteiger partial charge in [0.05, 0.1) is 19.8 Å². The summed E-state index contributed by atoms with van der Waals surface area (Å²) in [6, 6.07) is 14.8. The predicted octanol–water partition coefficient (Wildman–Crippen LogP) is 4.81. The summed E-state index contributed by atoms with van der Waals surface area (Å²) in [7, 11) is 3.00. The largest absolute Gasteiger partial charge is 0.453 e. The second-order valence-corrected chi connectivity index (χ2v) is 7.24. The lowest BCUT2D eigenvalue weighted by Crippen LogP contribution is -2.25. The van der Waals surface area contributed by atoms with Crippen LogP contribution in [0.1, 0.15) is 35.5 Å². The molecule has 2 amide bonds. The molecule has 0 saturated carbocycles. The van der Waals surface area contributed by atoms with Gasteiger partial charge < -0.3 is 24.1 Å². The molecule has 0 aliphatic rings. The van der Waals surface area contributed by atoms with Crippen LogP contribution in [0, 0.1) is 0 Å². The molecular weight excluding hydrogens is 384 g/mol. The van der Waals surface area contributed by atoms with Gasteiger partial charge in [0.15, 0.2) is 5.76 Å². The van der Waals surface area contributed by atoms with Gasteiger partial charge >= 0.3 is 6.09 Å². The first-order chi connectivity index (χ1) is 14.4. The number of benzene rings is 2. The summed E-state index contributed by atoms with van der Waals surface area (Å²) in [4.78, 5) is 25.9. The van der Waals surface area contributed by atoms with Crippen LogP contribution in [0.4, 0.5) is 10.5 Å². The summed E-state index contributed by atoms with van der Waals surface area (Å²) in [6.45, 7) is 4.58. The molecule has 7 heteroatoms. The van der Waals surface area contributed by atoms with Gasteiger partial charge in [0.25, 0.3) is 5.91 Å². The molecule has 0 aliphatic heterocycles. The quantitative estimate of drug-likeness (QED) is 0.605. The van der Waals surface area contributed by atoms with Crippen LogP contribution >= 0.6 is 0 Å². The average Bonchev–Trinajstić information content (AvgIpc) is 3.11. The van der Waals surface area contributed by atoms with E-state index in [4.69, 9.17) is 9.15 Å². The number of hydrogen-bond acceptors (Lipinski definition) is 5. The average molecular weight is 410 g/mol. The second kappa shape index (κ2) is 9.45. The van der Waals surface area contributed by atoms with Crippen molar-refractivity contribution in [1.82, 2.24) is 4.90 Å². The topological polar surface area (TPSA) is 81.0 Å². The van der Waals surface area contributed by atoms with Crippen LogP contribution in [0.3, 0.4) is 0 Å². The fourth-order valence-electron chi connectivity index (χ4n) is 3.05. The van der Waals surface area contributed by atoms with Crippen molar-refractivity contribution in [3.63, 3.8) is 0 Å². The van der Waals surface area contributed by atoms with E-state index in [1.54, 1.807) is 19.2 Å². The van der Waals surface area contributed by atoms with E-state index in [0.717, 1.165) is 16.5 Å². The lowest BCUT2D eigenvalue weighted by molar-refractivity contribution is 0.0648. The minimum absolute atomic E-state index is 0.0326. The number of methoxy groups -OCH3 is 1. The van der Waals surface area contributed by atoms with E-state index in [1.807, 2.05) is 50.2 Å². The van der Waals surface area contributed by atoms with Gasteiger partial charge in [0, 0.05) is 30.2 Å². The lowest BCUT2D eigenvalue weighted by atomic mass is 10.1. The number of nitrogens with one attached hydrogen (secondary N) is 1. The van der Waals surface area contributed by atoms with Gasteiger partial charge in [-0.1, -0.05) is 30.3 Å². The number of carbonyl (C=O) groups is 2. The zero-order valence-corrected chi connectivity index (χ0v) is 17.6. The SMILES string of the molecule is COC(=O)N(C)Cc1ccc(NC(=O)c2oc3ccccc3c2COC(C)C)cc1. The van der Waals surface area contributed by atoms with Gasteiger partial charge in [-0.05, 0) is 37.6 Å². The molecule has 0 radical (unpaired) electrons. The third-order valence-corrected chi connectivity index (χ3v) is 4.58. The molecule has 158 valence electrons. The first kappa shape index (κ1) is 21.4. The number of furan rings is 1. The number of para-hydroxylation sites is 1. The highest BCUT2D eigenvalue weighted by atomic mass is 16.5. The van der Waals surface area contributed by atoms with Crippen molar-refractivity contribution < 1.29 is 23.5 Å². The van der Waals surface area contributed by atoms with Crippen molar-refractivity contribution in [3.05, 3.63) is 65.4 Å². The number of hydrogen-bond donors (Lipinski definition) is 1. The molecule has 0 saturated heterocycles. The first-order valence-electron chi connectivity index (χ1n) is 9.70. The van der Waals surface area contributed by atoms with Crippen LogP contribution in [0.15, 0.2) is 52.9 Å². The van der Waals surface area contributed by atoms with E-state index >= 15 is 0 Å². The standard InChI is InChI=1S/C23H26N2O5/c1-15(2)29-14-19-18-7-5-6-8-20(18)30-21(19)22(26)24-17-11-9-16(10-12-17)13-25(3)23(27)28-4/h5-12,15H,13-14H2,1-4H3,(H,24,26). The Bertz CT molecular complexity index is 1020. The van der Waals surface area contributed by atoms with E-state index in [-0.39, 0.29) is 24.4 Å². The zero-order valence-electron chi connectivity index (χ0n) is 17.6. The van der Waals surface area contributed by atoms with Crippen LogP contribution in [-0.2, 0) is 22.6 Å². The Labute approximate surface area is 175 Å². The van der Waals surface area contributed by atoms with E-state index in [9.17, 15) is 9.59 Å². The van der Waals surface area contributed by atoms with E-state index in [2.05, 4.69) is 10.1 Å². The summed E-state index contributed by atoms with van der Waals surface area (Å²) < 4.78 is 16.3. The molecule has 0 aliphatic carbocycles. The van der Waals surface area contributed by atoms with Crippen LogP contribution in [0.5, 0.6) is 0 Å². The van der Waals surface area contributed by atoms with E-state index in [0.29, 0.717) is 17.8 Å². The van der Waals surface area contributed by atoms with Crippen LogP contribution in [-0.4, -0.2) is 37.2 Å². The number of ether oxygens (including phenoxy) is 2. The molecule has 3 aromatic rings. The third kappa shape index (κ3) is 4.99. The van der Waals surface area contributed by atoms with Crippen molar-refractivity contribution in [3.8, 4) is 0 Å². The van der Waals surface area contributed by atoms with Gasteiger partial charge in [0.1, 0.15) is 5.58 Å². The molecule has 3 rings (SSSR count). The van der Waals surface area contributed by atoms with Crippen LogP contribution in [0.25, 0.3) is 11.0 Å². The van der Waals surface area contributed by atoms with Crippen molar-refractivity contribution in [2.24, 2.45) is 0 Å². The Morgan fingerprint density at radius 1 is 1.10 bits per heavy atom. The van der Waals surface area contributed by atoms with Crippen molar-refractivity contribution >= 4 is 28.7 Å². The molecule has 7 nitrogen and oxygen atoms in total. The number of rotatable bonds is 7. The fourth-order valence-corrected chi connectivity index (χ4v) is 3.05. The Kier molecular flexibility index (Phi) is 6.74. The van der Waals surface area contributed by atoms with Gasteiger partial charge in [-0.2, -0.15) is 0 Å². The molecular formula is C23H26N2O5. The number of amides is 2. The smallest absolute Gasteiger partial charge is 0.409 e. The van der Waals surface area contributed by atoms with Gasteiger partial charge in [-0.15, -0.1) is 0 Å². The highest BCUT2D eigenvalue weighted by Crippen LogP contribution is 2.28. The fraction of sp³-hybridized carbons (Fsp3) is 0.304. The van der Waals surface area contributed by atoms with Gasteiger partial charge in [0.2, 0.25) is 0 Å². The summed E-state index contributed by atoms with van der Waals surface area (Å²) in [5, 5.41) is 3.73. The van der Waals surface area contributed by atoms with Crippen molar-refractivity contribution in [2.45, 2.75) is 33.1 Å². The van der Waals surface area contributed by atoms with Crippen molar-refractivity contribution in [1.29, 1.82) is 0 Å². The highest BCUT2D eigenvalue weighted by Gasteiger charge is 2.21. The number of carbonyl (C=O) groups excluding carboxylic acids is 2. The zero-order chi connectivity index (χ0) is 21.7. The number of nitrogens with zero attached hydrogens (tertiary/aromatic N) is 1. The van der Waals surface area contributed by atoms with E-state index < -0.39 is 6.09 Å². The van der Waals surface area contributed by atoms with Gasteiger partial charge in [-0.25, -0.2) is 4.79 Å². The second-order valence-electron chi connectivity index (χ2n) is 7.24. The van der Waals surface area contributed by atoms with Crippen LogP contribution in [0.2, 0.25) is 0 Å². The summed E-state index contributed by atoms with van der Waals surface area (Å²) in [6.07, 6.45) is -0.376. The van der Waals surface area contributed by atoms with E-state index in [1.165, 1.54) is 12.0 Å². The molecule has 0 bridgehead atoms. The number of anilines is 1. The summed E-state index contributed by atoms with van der Waals surface area (Å²) >= 11 is 0. The normalized spacial score (nSPS) is 11.0. The molecule has 30 heavy (non-hydrogen) atoms. The molecule has 0 unspecified atom stereocenters. The molecule has 0 atom stereocenters. The summed E-state index contributed by atoms with van der Waals surface area (Å²) in [5.74, 6) is -0.0978. The van der Waals surface area contributed by atoms with Crippen LogP contribution < -0.4 is 5.32 Å². The molecule has 1 N–H and O–H groups in total. The van der Waals surface area contributed by atoms with Crippen molar-refractivity contribution in [2.75, 3.05) is 19.5 Å². The molecule has 0 fully saturated rings. The monoisotopic (exact) mass is 410 g/mol. The molecule has 0 spiro atoms. The highest BCUT2D eigenvalue weighted by molar-refractivity contribution is 6.06. The minimum Gasteiger partial charge on any atom is -0.453 e. The maximum atomic E-state index is 12.9. The first-order valence-corrected chi connectivity index (χ1v) is 9.70. The number of fused-ring (bicyclic) bond motifs is 1. The maximum Gasteiger partial charge on any atom is 0.409 e. The Morgan fingerprint density at radius 3 is 2.47 bits per heavy atom. The third-order valence-electron chi connectivity index (χ3n) is 4.58. The lowest BCUT2D eigenvalue weighted by Gasteiger charge is -2.15. The Balaban J connectivity index is 1.76. The molecule has 2 aromatic carbocycles. The maximum absolute atomic E-state index is 12.9. The predicted molar refractivity (Wildman–Crippen MR) is 114 cm³/mol. The summed E-state index contributed by atoms with van der Waals surface area (Å²) in [5.41, 5.74) is 2.91. The minimum atomic E-state index is -0.409. The Morgan fingerprint density at radius 2 is 1.80 bits per heavy atom. The Hall–Kier alpha value is -3.32.